The second kappa shape index (κ2) is 8.73. The molecule has 0 aliphatic carbocycles. The van der Waals surface area contributed by atoms with Crippen molar-refractivity contribution in [3.63, 3.8) is 0 Å². The molecule has 0 spiro atoms. The lowest BCUT2D eigenvalue weighted by molar-refractivity contribution is 0.288. The summed E-state index contributed by atoms with van der Waals surface area (Å²) >= 11 is 5.21. The Morgan fingerprint density at radius 1 is 1.08 bits per heavy atom. The van der Waals surface area contributed by atoms with Crippen LogP contribution >= 0.6 is 27.7 Å². The minimum Gasteiger partial charge on any atom is -0.486 e. The van der Waals surface area contributed by atoms with E-state index in [-0.39, 0.29) is 0 Å². The lowest BCUT2D eigenvalue weighted by Crippen LogP contribution is -2.07. The first-order chi connectivity index (χ1) is 12.5. The van der Waals surface area contributed by atoms with Crippen molar-refractivity contribution in [2.24, 2.45) is 0 Å². The zero-order valence-electron chi connectivity index (χ0n) is 15.2. The van der Waals surface area contributed by atoms with Crippen LogP contribution < -0.4 is 4.74 Å². The maximum absolute atomic E-state index is 5.95. The number of halogens is 1. The van der Waals surface area contributed by atoms with Crippen molar-refractivity contribution in [3.05, 3.63) is 69.5 Å². The normalized spacial score (nSPS) is 10.9. The molecule has 0 N–H and O–H groups in total. The van der Waals surface area contributed by atoms with Gasteiger partial charge in [0.15, 0.2) is 11.0 Å². The Bertz CT molecular complexity index is 874. The van der Waals surface area contributed by atoms with E-state index >= 15 is 0 Å². The number of aromatic nitrogens is 3. The van der Waals surface area contributed by atoms with Crippen molar-refractivity contribution in [2.75, 3.05) is 0 Å². The van der Waals surface area contributed by atoms with Gasteiger partial charge in [-0.2, -0.15) is 0 Å². The number of hydrogen-bond acceptors (Lipinski definition) is 4. The van der Waals surface area contributed by atoms with E-state index in [1.54, 1.807) is 11.8 Å². The predicted octanol–water partition coefficient (Wildman–Crippen LogP) is 5.55. The van der Waals surface area contributed by atoms with Crippen LogP contribution in [0.3, 0.4) is 0 Å². The third-order valence-electron chi connectivity index (χ3n) is 3.93. The minimum absolute atomic E-state index is 0.418. The molecule has 0 amide bonds. The van der Waals surface area contributed by atoms with Gasteiger partial charge < -0.3 is 9.30 Å². The summed E-state index contributed by atoms with van der Waals surface area (Å²) in [5.74, 6) is 2.58. The molecule has 4 nitrogen and oxygen atoms in total. The molecule has 0 atom stereocenters. The first kappa shape index (κ1) is 19.0. The molecule has 26 heavy (non-hydrogen) atoms. The summed E-state index contributed by atoms with van der Waals surface area (Å²) in [5.41, 5.74) is 3.65. The van der Waals surface area contributed by atoms with E-state index < -0.39 is 0 Å². The fourth-order valence-corrected chi connectivity index (χ4v) is 4.20. The molecule has 2 aromatic carbocycles. The van der Waals surface area contributed by atoms with Crippen LogP contribution in [0, 0.1) is 13.8 Å². The fourth-order valence-electron chi connectivity index (χ4n) is 2.79. The van der Waals surface area contributed by atoms with Gasteiger partial charge >= 0.3 is 0 Å². The summed E-state index contributed by atoms with van der Waals surface area (Å²) < 4.78 is 9.16. The van der Waals surface area contributed by atoms with E-state index in [2.05, 4.69) is 69.7 Å². The van der Waals surface area contributed by atoms with Gasteiger partial charge in [-0.3, -0.25) is 0 Å². The summed E-state index contributed by atoms with van der Waals surface area (Å²) in [4.78, 5) is 0. The topological polar surface area (TPSA) is 39.9 Å². The quantitative estimate of drug-likeness (QED) is 0.459. The first-order valence-corrected chi connectivity index (χ1v) is 10.3. The monoisotopic (exact) mass is 431 g/mol. The van der Waals surface area contributed by atoms with E-state index in [9.17, 15) is 0 Å². The van der Waals surface area contributed by atoms with E-state index in [4.69, 9.17) is 4.74 Å². The SMILES string of the molecule is CCn1c(COc2cc(C)cc(C)c2)nnc1SCc1cccc(Br)c1. The Labute approximate surface area is 167 Å². The Balaban J connectivity index is 1.67. The first-order valence-electron chi connectivity index (χ1n) is 8.55. The minimum atomic E-state index is 0.418. The highest BCUT2D eigenvalue weighted by molar-refractivity contribution is 9.10. The standard InChI is InChI=1S/C20H22BrN3OS/c1-4-24-19(12-25-18-9-14(2)8-15(3)10-18)22-23-20(24)26-13-16-6-5-7-17(21)11-16/h5-11H,4,12-13H2,1-3H3. The van der Waals surface area contributed by atoms with Crippen LogP contribution in [0.1, 0.15) is 29.4 Å². The highest BCUT2D eigenvalue weighted by Crippen LogP contribution is 2.24. The van der Waals surface area contributed by atoms with E-state index in [1.807, 2.05) is 24.3 Å². The molecule has 0 radical (unpaired) electrons. The summed E-state index contributed by atoms with van der Waals surface area (Å²) in [7, 11) is 0. The molecule has 3 aromatic rings. The highest BCUT2D eigenvalue weighted by atomic mass is 79.9. The molecule has 0 aliphatic heterocycles. The van der Waals surface area contributed by atoms with Crippen LogP contribution in [0.5, 0.6) is 5.75 Å². The molecule has 0 bridgehead atoms. The maximum Gasteiger partial charge on any atom is 0.191 e. The van der Waals surface area contributed by atoms with Gasteiger partial charge in [0.25, 0.3) is 0 Å². The average molecular weight is 432 g/mol. The highest BCUT2D eigenvalue weighted by Gasteiger charge is 2.12. The van der Waals surface area contributed by atoms with Crippen LogP contribution in [0.2, 0.25) is 0 Å². The summed E-state index contributed by atoms with van der Waals surface area (Å²) in [6.07, 6.45) is 0. The molecule has 1 heterocycles. The van der Waals surface area contributed by atoms with Gasteiger partial charge in [0.05, 0.1) is 0 Å². The smallest absolute Gasteiger partial charge is 0.191 e. The summed E-state index contributed by atoms with van der Waals surface area (Å²) in [6, 6.07) is 14.6. The number of rotatable bonds is 7. The van der Waals surface area contributed by atoms with E-state index in [0.29, 0.717) is 6.61 Å². The lowest BCUT2D eigenvalue weighted by atomic mass is 10.1. The Morgan fingerprint density at radius 2 is 1.85 bits per heavy atom. The molecule has 3 rings (SSSR count). The zero-order valence-corrected chi connectivity index (χ0v) is 17.6. The molecule has 0 aliphatic rings. The fraction of sp³-hybridized carbons (Fsp3) is 0.300. The van der Waals surface area contributed by atoms with Crippen LogP contribution in [0.4, 0.5) is 0 Å². The number of thioether (sulfide) groups is 1. The van der Waals surface area contributed by atoms with Crippen molar-refractivity contribution in [3.8, 4) is 5.75 Å². The third-order valence-corrected chi connectivity index (χ3v) is 5.46. The molecule has 0 saturated heterocycles. The number of benzene rings is 2. The second-order valence-corrected chi connectivity index (χ2v) is 8.03. The molecular formula is C20H22BrN3OS. The molecule has 6 heteroatoms. The van der Waals surface area contributed by atoms with Crippen molar-refractivity contribution in [2.45, 2.75) is 44.8 Å². The lowest BCUT2D eigenvalue weighted by Gasteiger charge is -2.10. The van der Waals surface area contributed by atoms with Gasteiger partial charge in [-0.1, -0.05) is 45.9 Å². The van der Waals surface area contributed by atoms with Crippen LogP contribution in [0.25, 0.3) is 0 Å². The molecule has 0 unspecified atom stereocenters. The maximum atomic E-state index is 5.95. The van der Waals surface area contributed by atoms with E-state index in [1.165, 1.54) is 16.7 Å². The third kappa shape index (κ3) is 4.89. The Hall–Kier alpha value is -1.79. The Morgan fingerprint density at radius 3 is 2.54 bits per heavy atom. The largest absolute Gasteiger partial charge is 0.486 e. The van der Waals surface area contributed by atoms with Gasteiger partial charge in [0.1, 0.15) is 12.4 Å². The molecule has 0 saturated carbocycles. The van der Waals surface area contributed by atoms with Gasteiger partial charge in [-0.25, -0.2) is 0 Å². The molecular weight excluding hydrogens is 410 g/mol. The number of nitrogens with zero attached hydrogens (tertiary/aromatic N) is 3. The van der Waals surface area contributed by atoms with Crippen molar-refractivity contribution < 1.29 is 4.74 Å². The molecule has 136 valence electrons. The van der Waals surface area contributed by atoms with Gasteiger partial charge in [-0.05, 0) is 61.7 Å². The van der Waals surface area contributed by atoms with Crippen LogP contribution in [0.15, 0.2) is 52.1 Å². The molecule has 1 aromatic heterocycles. The number of hydrogen-bond donors (Lipinski definition) is 0. The van der Waals surface area contributed by atoms with Gasteiger partial charge in [-0.15, -0.1) is 10.2 Å². The van der Waals surface area contributed by atoms with Crippen molar-refractivity contribution >= 4 is 27.7 Å². The second-order valence-electron chi connectivity index (χ2n) is 6.17. The summed E-state index contributed by atoms with van der Waals surface area (Å²) in [5, 5.41) is 9.61. The van der Waals surface area contributed by atoms with Gasteiger partial charge in [0.2, 0.25) is 0 Å². The van der Waals surface area contributed by atoms with E-state index in [0.717, 1.165) is 33.5 Å². The van der Waals surface area contributed by atoms with Crippen molar-refractivity contribution in [1.82, 2.24) is 14.8 Å². The molecule has 0 fully saturated rings. The van der Waals surface area contributed by atoms with Crippen LogP contribution in [-0.2, 0) is 18.9 Å². The van der Waals surface area contributed by atoms with Crippen molar-refractivity contribution in [1.29, 1.82) is 0 Å². The summed E-state index contributed by atoms with van der Waals surface area (Å²) in [6.45, 7) is 7.49. The number of aryl methyl sites for hydroxylation is 2. The Kier molecular flexibility index (Phi) is 6.38. The zero-order chi connectivity index (χ0) is 18.5. The predicted molar refractivity (Wildman–Crippen MR) is 110 cm³/mol. The van der Waals surface area contributed by atoms with Gasteiger partial charge in [0, 0.05) is 16.8 Å². The average Bonchev–Trinajstić information content (AvgIpc) is 2.99. The number of ether oxygens (including phenoxy) is 1. The van der Waals surface area contributed by atoms with Crippen LogP contribution in [-0.4, -0.2) is 14.8 Å².